The van der Waals surface area contributed by atoms with Crippen LogP contribution >= 0.6 is 0 Å². The summed E-state index contributed by atoms with van der Waals surface area (Å²) in [5.74, 6) is 0.715. The molecule has 1 aromatic heterocycles. The van der Waals surface area contributed by atoms with E-state index in [1.165, 1.54) is 13.3 Å². The fraction of sp³-hybridized carbons (Fsp3) is 0.273. The number of piperidine rings is 1. The monoisotopic (exact) mass is 452 g/mol. The lowest BCUT2D eigenvalue weighted by Gasteiger charge is -2.31. The van der Waals surface area contributed by atoms with E-state index < -0.39 is 15.1 Å². The predicted molar refractivity (Wildman–Crippen MR) is 123 cm³/mol. The highest BCUT2D eigenvalue weighted by Gasteiger charge is 2.32. The maximum atomic E-state index is 12.9. The molecule has 4 rings (SSSR count). The molecule has 0 atom stereocenters. The lowest BCUT2D eigenvalue weighted by Crippen LogP contribution is -2.40. The SMILES string of the molecule is CC(=O)Nc1cccc(Nc2ncnc(N3CCC(S(=O)(=O)c4ccccc4)CC3)n2)c1. The van der Waals surface area contributed by atoms with Crippen LogP contribution in [0.3, 0.4) is 0 Å². The average Bonchev–Trinajstić information content (AvgIpc) is 2.80. The van der Waals surface area contributed by atoms with Crippen molar-refractivity contribution < 1.29 is 13.2 Å². The molecule has 0 bridgehead atoms. The van der Waals surface area contributed by atoms with Gasteiger partial charge in [0, 0.05) is 31.4 Å². The number of carbonyl (C=O) groups excluding carboxylic acids is 1. The van der Waals surface area contributed by atoms with Crippen LogP contribution < -0.4 is 15.5 Å². The van der Waals surface area contributed by atoms with Crippen LogP contribution in [0.1, 0.15) is 19.8 Å². The molecule has 1 aliphatic rings. The molecule has 3 aromatic rings. The topological polar surface area (TPSA) is 117 Å². The molecule has 1 amide bonds. The van der Waals surface area contributed by atoms with Gasteiger partial charge in [-0.3, -0.25) is 4.79 Å². The zero-order chi connectivity index (χ0) is 22.6. The second-order valence-electron chi connectivity index (χ2n) is 7.54. The van der Waals surface area contributed by atoms with Crippen molar-refractivity contribution in [2.24, 2.45) is 0 Å². The maximum Gasteiger partial charge on any atom is 0.231 e. The molecule has 2 N–H and O–H groups in total. The third kappa shape index (κ3) is 5.02. The summed E-state index contributed by atoms with van der Waals surface area (Å²) in [6.07, 6.45) is 2.43. The van der Waals surface area contributed by atoms with E-state index in [0.717, 1.165) is 5.69 Å². The number of sulfone groups is 1. The van der Waals surface area contributed by atoms with Crippen molar-refractivity contribution in [2.45, 2.75) is 29.9 Å². The summed E-state index contributed by atoms with van der Waals surface area (Å²) in [6, 6.07) is 15.8. The Morgan fingerprint density at radius 1 is 1.00 bits per heavy atom. The van der Waals surface area contributed by atoms with Crippen LogP contribution in [-0.4, -0.2) is 47.6 Å². The Kier molecular flexibility index (Phi) is 6.31. The number of rotatable bonds is 6. The fourth-order valence-corrected chi connectivity index (χ4v) is 5.43. The lowest BCUT2D eigenvalue weighted by atomic mass is 10.1. The van der Waals surface area contributed by atoms with Gasteiger partial charge in [0.25, 0.3) is 0 Å². The smallest absolute Gasteiger partial charge is 0.231 e. The van der Waals surface area contributed by atoms with Gasteiger partial charge in [-0.2, -0.15) is 4.98 Å². The number of nitrogens with one attached hydrogen (secondary N) is 2. The van der Waals surface area contributed by atoms with Crippen molar-refractivity contribution in [2.75, 3.05) is 28.6 Å². The molecule has 10 heteroatoms. The van der Waals surface area contributed by atoms with Crippen LogP contribution in [0.4, 0.5) is 23.3 Å². The molecule has 166 valence electrons. The second kappa shape index (κ2) is 9.31. The first-order valence-corrected chi connectivity index (χ1v) is 11.8. The normalized spacial score (nSPS) is 14.7. The van der Waals surface area contributed by atoms with E-state index in [2.05, 4.69) is 25.6 Å². The Bertz CT molecular complexity index is 1200. The fourth-order valence-electron chi connectivity index (χ4n) is 3.68. The summed E-state index contributed by atoms with van der Waals surface area (Å²) in [4.78, 5) is 26.5. The van der Waals surface area contributed by atoms with Crippen LogP contribution in [0.25, 0.3) is 0 Å². The van der Waals surface area contributed by atoms with Crippen molar-refractivity contribution in [1.29, 1.82) is 0 Å². The lowest BCUT2D eigenvalue weighted by molar-refractivity contribution is -0.114. The van der Waals surface area contributed by atoms with Gasteiger partial charge in [0.05, 0.1) is 10.1 Å². The van der Waals surface area contributed by atoms with Gasteiger partial charge in [0.1, 0.15) is 6.33 Å². The third-order valence-electron chi connectivity index (χ3n) is 5.23. The molecule has 32 heavy (non-hydrogen) atoms. The van der Waals surface area contributed by atoms with E-state index in [4.69, 9.17) is 0 Å². The minimum absolute atomic E-state index is 0.151. The summed E-state index contributed by atoms with van der Waals surface area (Å²) < 4.78 is 25.8. The number of carbonyl (C=O) groups is 1. The minimum atomic E-state index is -3.35. The predicted octanol–water partition coefficient (Wildman–Crippen LogP) is 3.02. The van der Waals surface area contributed by atoms with E-state index >= 15 is 0 Å². The zero-order valence-corrected chi connectivity index (χ0v) is 18.4. The van der Waals surface area contributed by atoms with Crippen molar-refractivity contribution in [3.8, 4) is 0 Å². The Morgan fingerprint density at radius 2 is 1.72 bits per heavy atom. The van der Waals surface area contributed by atoms with Gasteiger partial charge in [-0.1, -0.05) is 24.3 Å². The molecular formula is C22H24N6O3S. The molecular weight excluding hydrogens is 428 g/mol. The standard InChI is InChI=1S/C22H24N6O3S/c1-16(29)25-17-6-5-7-18(14-17)26-21-23-15-24-22(27-21)28-12-10-20(11-13-28)32(30,31)19-8-3-2-4-9-19/h2-9,14-15,20H,10-13H2,1H3,(H,25,29)(H,23,24,26,27). The molecule has 0 unspecified atom stereocenters. The number of nitrogens with zero attached hydrogens (tertiary/aromatic N) is 4. The van der Waals surface area contributed by atoms with Gasteiger partial charge in [-0.05, 0) is 43.2 Å². The molecule has 1 aliphatic heterocycles. The maximum absolute atomic E-state index is 12.9. The molecule has 1 fully saturated rings. The van der Waals surface area contributed by atoms with Gasteiger partial charge < -0.3 is 15.5 Å². The first kappa shape index (κ1) is 21.7. The Balaban J connectivity index is 1.42. The first-order chi connectivity index (χ1) is 15.4. The van der Waals surface area contributed by atoms with Gasteiger partial charge in [-0.25, -0.2) is 18.4 Å². The van der Waals surface area contributed by atoms with Crippen LogP contribution in [0.2, 0.25) is 0 Å². The van der Waals surface area contributed by atoms with E-state index in [1.807, 2.05) is 23.1 Å². The molecule has 1 saturated heterocycles. The number of amides is 1. The summed E-state index contributed by atoms with van der Waals surface area (Å²) in [6.45, 7) is 2.53. The third-order valence-corrected chi connectivity index (χ3v) is 7.51. The highest BCUT2D eigenvalue weighted by molar-refractivity contribution is 7.92. The zero-order valence-electron chi connectivity index (χ0n) is 17.6. The van der Waals surface area contributed by atoms with Gasteiger partial charge in [0.15, 0.2) is 9.84 Å². The van der Waals surface area contributed by atoms with Gasteiger partial charge >= 0.3 is 0 Å². The van der Waals surface area contributed by atoms with Crippen molar-refractivity contribution >= 4 is 39.0 Å². The first-order valence-electron chi connectivity index (χ1n) is 10.3. The Labute approximate surface area is 186 Å². The van der Waals surface area contributed by atoms with E-state index in [-0.39, 0.29) is 5.91 Å². The summed E-state index contributed by atoms with van der Waals surface area (Å²) in [5, 5.41) is 5.43. The van der Waals surface area contributed by atoms with Crippen LogP contribution in [0.5, 0.6) is 0 Å². The summed E-state index contributed by atoms with van der Waals surface area (Å²) in [5.41, 5.74) is 1.39. The molecule has 0 spiro atoms. The molecule has 2 aromatic carbocycles. The van der Waals surface area contributed by atoms with Gasteiger partial charge in [-0.15, -0.1) is 0 Å². The number of anilines is 4. The number of hydrogen-bond donors (Lipinski definition) is 2. The Morgan fingerprint density at radius 3 is 2.44 bits per heavy atom. The second-order valence-corrected chi connectivity index (χ2v) is 9.77. The summed E-state index contributed by atoms with van der Waals surface area (Å²) >= 11 is 0. The number of benzene rings is 2. The van der Waals surface area contributed by atoms with Crippen molar-refractivity contribution in [1.82, 2.24) is 15.0 Å². The van der Waals surface area contributed by atoms with E-state index in [0.29, 0.717) is 48.4 Å². The minimum Gasteiger partial charge on any atom is -0.341 e. The highest BCUT2D eigenvalue weighted by atomic mass is 32.2. The quantitative estimate of drug-likeness (QED) is 0.586. The van der Waals surface area contributed by atoms with Gasteiger partial charge in [0.2, 0.25) is 17.8 Å². The molecule has 0 saturated carbocycles. The average molecular weight is 453 g/mol. The number of aromatic nitrogens is 3. The summed E-state index contributed by atoms with van der Waals surface area (Å²) in [7, 11) is -3.35. The van der Waals surface area contributed by atoms with Crippen molar-refractivity contribution in [3.63, 3.8) is 0 Å². The molecule has 2 heterocycles. The van der Waals surface area contributed by atoms with Crippen LogP contribution in [0.15, 0.2) is 65.8 Å². The molecule has 0 aliphatic carbocycles. The van der Waals surface area contributed by atoms with E-state index in [1.54, 1.807) is 36.4 Å². The largest absolute Gasteiger partial charge is 0.341 e. The van der Waals surface area contributed by atoms with Crippen molar-refractivity contribution in [3.05, 3.63) is 60.9 Å². The highest BCUT2D eigenvalue weighted by Crippen LogP contribution is 2.26. The number of hydrogen-bond acceptors (Lipinski definition) is 8. The Hall–Kier alpha value is -3.53. The van der Waals surface area contributed by atoms with Crippen LogP contribution in [-0.2, 0) is 14.6 Å². The van der Waals surface area contributed by atoms with E-state index in [9.17, 15) is 13.2 Å². The van der Waals surface area contributed by atoms with Crippen LogP contribution in [0, 0.1) is 0 Å². The molecule has 0 radical (unpaired) electrons. The molecule has 9 nitrogen and oxygen atoms in total.